The largest absolute Gasteiger partial charge is 0.480 e. The number of carbonyl (C=O) groups is 1. The summed E-state index contributed by atoms with van der Waals surface area (Å²) in [7, 11) is 0. The maximum absolute atomic E-state index is 13.2. The van der Waals surface area contributed by atoms with Crippen LogP contribution in [0.25, 0.3) is 0 Å². The van der Waals surface area contributed by atoms with Gasteiger partial charge in [0.25, 0.3) is 0 Å². The van der Waals surface area contributed by atoms with E-state index in [4.69, 9.17) is 10.4 Å². The number of carboxylic acids is 1. The van der Waals surface area contributed by atoms with Crippen molar-refractivity contribution in [2.45, 2.75) is 19.4 Å². The topological polar surface area (TPSA) is 64.3 Å². The molecule has 1 aromatic carbocycles. The molecule has 0 aromatic heterocycles. The van der Waals surface area contributed by atoms with E-state index in [-0.39, 0.29) is 12.1 Å². The third-order valence-corrected chi connectivity index (χ3v) is 3.13. The van der Waals surface area contributed by atoms with Crippen LogP contribution >= 0.6 is 0 Å². The molecule has 1 aliphatic rings. The van der Waals surface area contributed by atoms with Crippen molar-refractivity contribution in [3.8, 4) is 6.07 Å². The first-order valence-corrected chi connectivity index (χ1v) is 6.21. The monoisotopic (exact) mass is 262 g/mol. The van der Waals surface area contributed by atoms with Crippen molar-refractivity contribution < 1.29 is 14.3 Å². The molecule has 1 aliphatic carbocycles. The lowest BCUT2D eigenvalue weighted by Crippen LogP contribution is -2.31. The lowest BCUT2D eigenvalue weighted by atomic mass is 10.1. The molecule has 0 radical (unpaired) electrons. The second kappa shape index (κ2) is 5.81. The van der Waals surface area contributed by atoms with Gasteiger partial charge < -0.3 is 5.11 Å². The third kappa shape index (κ3) is 4.04. The van der Waals surface area contributed by atoms with Crippen molar-refractivity contribution in [3.63, 3.8) is 0 Å². The molecule has 1 aromatic rings. The average molecular weight is 262 g/mol. The summed E-state index contributed by atoms with van der Waals surface area (Å²) in [6.07, 6.45) is 2.28. The van der Waals surface area contributed by atoms with Gasteiger partial charge in [-0.25, -0.2) is 4.39 Å². The van der Waals surface area contributed by atoms with Crippen molar-refractivity contribution in [2.24, 2.45) is 5.92 Å². The summed E-state index contributed by atoms with van der Waals surface area (Å²) < 4.78 is 13.2. The van der Waals surface area contributed by atoms with Crippen molar-refractivity contribution in [3.05, 3.63) is 35.1 Å². The number of rotatable bonds is 6. The van der Waals surface area contributed by atoms with Crippen molar-refractivity contribution >= 4 is 5.97 Å². The van der Waals surface area contributed by atoms with E-state index in [1.165, 1.54) is 12.1 Å². The third-order valence-electron chi connectivity index (χ3n) is 3.13. The standard InChI is InChI=1S/C14H15FN2O2/c15-13-4-3-11(5-12(13)6-16)8-17(9-14(18)19)7-10-1-2-10/h3-5,10H,1-2,7-9H2,(H,18,19). The van der Waals surface area contributed by atoms with Crippen LogP contribution < -0.4 is 0 Å². The van der Waals surface area contributed by atoms with Gasteiger partial charge >= 0.3 is 5.97 Å². The first-order valence-electron chi connectivity index (χ1n) is 6.21. The van der Waals surface area contributed by atoms with Crippen LogP contribution in [0, 0.1) is 23.1 Å². The Morgan fingerprint density at radius 1 is 1.53 bits per heavy atom. The molecule has 1 saturated carbocycles. The number of aliphatic carboxylic acids is 1. The Bertz CT molecular complexity index is 521. The normalized spacial score (nSPS) is 14.4. The Morgan fingerprint density at radius 3 is 2.84 bits per heavy atom. The lowest BCUT2D eigenvalue weighted by molar-refractivity contribution is -0.138. The smallest absolute Gasteiger partial charge is 0.317 e. The summed E-state index contributed by atoms with van der Waals surface area (Å²) in [6.45, 7) is 1.14. The van der Waals surface area contributed by atoms with E-state index < -0.39 is 11.8 Å². The maximum atomic E-state index is 13.2. The zero-order valence-electron chi connectivity index (χ0n) is 10.5. The van der Waals surface area contributed by atoms with Crippen molar-refractivity contribution in [2.75, 3.05) is 13.1 Å². The van der Waals surface area contributed by atoms with Crippen LogP contribution in [-0.2, 0) is 11.3 Å². The molecule has 4 nitrogen and oxygen atoms in total. The molecule has 0 unspecified atom stereocenters. The number of nitrogens with zero attached hydrogens (tertiary/aromatic N) is 2. The van der Waals surface area contributed by atoms with Gasteiger partial charge in [-0.15, -0.1) is 0 Å². The molecule has 19 heavy (non-hydrogen) atoms. The predicted molar refractivity (Wildman–Crippen MR) is 66.8 cm³/mol. The van der Waals surface area contributed by atoms with E-state index in [1.807, 2.05) is 4.90 Å². The molecule has 0 heterocycles. The summed E-state index contributed by atoms with van der Waals surface area (Å²) in [5, 5.41) is 17.7. The van der Waals surface area contributed by atoms with Crippen molar-refractivity contribution in [1.29, 1.82) is 5.26 Å². The van der Waals surface area contributed by atoms with Crippen LogP contribution in [0.4, 0.5) is 4.39 Å². The Labute approximate surface area is 111 Å². The Balaban J connectivity index is 2.06. The number of nitriles is 1. The van der Waals surface area contributed by atoms with E-state index in [1.54, 1.807) is 12.1 Å². The predicted octanol–water partition coefficient (Wildman–Crippen LogP) is 1.99. The van der Waals surface area contributed by atoms with E-state index in [9.17, 15) is 9.18 Å². The van der Waals surface area contributed by atoms with Crippen LogP contribution in [-0.4, -0.2) is 29.1 Å². The average Bonchev–Trinajstić information content (AvgIpc) is 3.14. The Morgan fingerprint density at radius 2 is 2.26 bits per heavy atom. The van der Waals surface area contributed by atoms with Gasteiger partial charge in [0.2, 0.25) is 0 Å². The molecular formula is C14H15FN2O2. The zero-order valence-corrected chi connectivity index (χ0v) is 10.5. The van der Waals surface area contributed by atoms with Gasteiger partial charge in [0.1, 0.15) is 11.9 Å². The van der Waals surface area contributed by atoms with Gasteiger partial charge in [0.15, 0.2) is 0 Å². The molecule has 0 saturated heterocycles. The lowest BCUT2D eigenvalue weighted by Gasteiger charge is -2.20. The molecule has 2 rings (SSSR count). The minimum Gasteiger partial charge on any atom is -0.480 e. The zero-order chi connectivity index (χ0) is 13.8. The molecule has 0 aliphatic heterocycles. The fraction of sp³-hybridized carbons (Fsp3) is 0.429. The van der Waals surface area contributed by atoms with Gasteiger partial charge in [0, 0.05) is 13.1 Å². The van der Waals surface area contributed by atoms with E-state index in [2.05, 4.69) is 0 Å². The second-order valence-corrected chi connectivity index (χ2v) is 4.93. The highest BCUT2D eigenvalue weighted by Crippen LogP contribution is 2.30. The molecule has 0 spiro atoms. The fourth-order valence-electron chi connectivity index (χ4n) is 2.06. The minimum absolute atomic E-state index is 0.000744. The number of halogens is 1. The fourth-order valence-corrected chi connectivity index (χ4v) is 2.06. The van der Waals surface area contributed by atoms with Crippen LogP contribution in [0.2, 0.25) is 0 Å². The molecule has 0 amide bonds. The summed E-state index contributed by atoms with van der Waals surface area (Å²) in [5.41, 5.74) is 0.763. The van der Waals surface area contributed by atoms with Crippen LogP contribution in [0.5, 0.6) is 0 Å². The SMILES string of the molecule is N#Cc1cc(CN(CC(=O)O)CC2CC2)ccc1F. The van der Waals surface area contributed by atoms with Crippen molar-refractivity contribution in [1.82, 2.24) is 4.90 Å². The summed E-state index contributed by atoms with van der Waals surface area (Å²) in [4.78, 5) is 12.7. The Hall–Kier alpha value is -1.93. The molecule has 1 N–H and O–H groups in total. The van der Waals surface area contributed by atoms with Gasteiger partial charge in [-0.2, -0.15) is 5.26 Å². The summed E-state index contributed by atoms with van der Waals surface area (Å²) in [6, 6.07) is 6.13. The molecule has 5 heteroatoms. The quantitative estimate of drug-likeness (QED) is 0.851. The molecule has 100 valence electrons. The molecule has 0 bridgehead atoms. The Kier molecular flexibility index (Phi) is 4.13. The number of carboxylic acid groups (broad SMARTS) is 1. The highest BCUT2D eigenvalue weighted by molar-refractivity contribution is 5.69. The van der Waals surface area contributed by atoms with Gasteiger partial charge in [-0.3, -0.25) is 9.69 Å². The first kappa shape index (κ1) is 13.5. The first-order chi connectivity index (χ1) is 9.08. The number of hydrogen-bond acceptors (Lipinski definition) is 3. The molecule has 0 atom stereocenters. The molecular weight excluding hydrogens is 247 g/mol. The van der Waals surface area contributed by atoms with Gasteiger partial charge in [0.05, 0.1) is 12.1 Å². The van der Waals surface area contributed by atoms with Crippen LogP contribution in [0.15, 0.2) is 18.2 Å². The number of benzene rings is 1. The van der Waals surface area contributed by atoms with Gasteiger partial charge in [-0.1, -0.05) is 6.07 Å². The maximum Gasteiger partial charge on any atom is 0.317 e. The van der Waals surface area contributed by atoms with E-state index >= 15 is 0 Å². The second-order valence-electron chi connectivity index (χ2n) is 4.93. The number of hydrogen-bond donors (Lipinski definition) is 1. The summed E-state index contributed by atoms with van der Waals surface area (Å²) >= 11 is 0. The molecule has 1 fully saturated rings. The van der Waals surface area contributed by atoms with E-state index in [0.717, 1.165) is 24.9 Å². The highest BCUT2D eigenvalue weighted by Gasteiger charge is 2.25. The van der Waals surface area contributed by atoms with Crippen LogP contribution in [0.1, 0.15) is 24.0 Å². The van der Waals surface area contributed by atoms with Crippen LogP contribution in [0.3, 0.4) is 0 Å². The van der Waals surface area contributed by atoms with Gasteiger partial charge in [-0.05, 0) is 36.5 Å². The minimum atomic E-state index is -0.872. The van der Waals surface area contributed by atoms with E-state index in [0.29, 0.717) is 12.5 Å². The summed E-state index contributed by atoms with van der Waals surface area (Å²) in [5.74, 6) is -0.836. The highest BCUT2D eigenvalue weighted by atomic mass is 19.1.